The molecule has 0 aliphatic rings. The zero-order chi connectivity index (χ0) is 5.98. The minimum Gasteiger partial charge on any atom is -0.362 e. The molecular weight excluding hydrogens is 112 g/mol. The number of aliphatic hydroxyl groups excluding tert-OH is 1. The average molecular weight is 116 g/mol. The lowest BCUT2D eigenvalue weighted by molar-refractivity contribution is -0.0493. The lowest BCUT2D eigenvalue weighted by atomic mass is 10.6. The Morgan fingerprint density at radius 1 is 1.50 bits per heavy atom. The fraction of sp³-hybridized carbons (Fsp3) is 0.500. The van der Waals surface area contributed by atoms with E-state index in [1.807, 2.05) is 0 Å². The summed E-state index contributed by atoms with van der Waals surface area (Å²) in [6.07, 6.45) is -1.61. The van der Waals surface area contributed by atoms with Crippen LogP contribution in [0.15, 0.2) is 0 Å². The maximum absolute atomic E-state index is 8.29. The van der Waals surface area contributed by atoms with Gasteiger partial charge in [0.05, 0.1) is 0 Å². The number of aliphatic hydroxyl groups is 2. The van der Waals surface area contributed by atoms with E-state index in [4.69, 9.17) is 10.2 Å². The van der Waals surface area contributed by atoms with Crippen molar-refractivity contribution >= 4 is 0 Å². The standard InChI is InChI=1S/C2H4N4O2/c7-2(8)1-3-5-6-4-1/h2,7-8H,(H,3,4,5,6). The normalized spacial score (nSPS) is 10.4. The predicted octanol–water partition coefficient (Wildman–Crippen LogP) is -1.82. The Morgan fingerprint density at radius 2 is 2.25 bits per heavy atom. The highest BCUT2D eigenvalue weighted by Crippen LogP contribution is 1.95. The van der Waals surface area contributed by atoms with Crippen molar-refractivity contribution in [3.63, 3.8) is 0 Å². The van der Waals surface area contributed by atoms with Gasteiger partial charge in [0.2, 0.25) is 12.1 Å². The number of nitrogens with one attached hydrogen (secondary N) is 1. The third kappa shape index (κ3) is 0.796. The van der Waals surface area contributed by atoms with Crippen molar-refractivity contribution in [3.8, 4) is 0 Å². The molecule has 6 nitrogen and oxygen atoms in total. The molecule has 0 radical (unpaired) electrons. The summed E-state index contributed by atoms with van der Waals surface area (Å²) in [5, 5.41) is 28.2. The maximum atomic E-state index is 8.29. The third-order valence-electron chi connectivity index (χ3n) is 0.606. The summed E-state index contributed by atoms with van der Waals surface area (Å²) >= 11 is 0. The molecule has 0 saturated heterocycles. The molecule has 0 atom stereocenters. The number of aromatic amines is 1. The van der Waals surface area contributed by atoms with Crippen LogP contribution < -0.4 is 0 Å². The topological polar surface area (TPSA) is 94.9 Å². The first kappa shape index (κ1) is 5.13. The smallest absolute Gasteiger partial charge is 0.215 e. The lowest BCUT2D eigenvalue weighted by Gasteiger charge is -1.91. The van der Waals surface area contributed by atoms with E-state index in [9.17, 15) is 0 Å². The highest BCUT2D eigenvalue weighted by atomic mass is 16.5. The van der Waals surface area contributed by atoms with E-state index in [1.54, 1.807) is 0 Å². The van der Waals surface area contributed by atoms with Crippen LogP contribution in [0.25, 0.3) is 0 Å². The van der Waals surface area contributed by atoms with Crippen molar-refractivity contribution in [1.29, 1.82) is 0 Å². The van der Waals surface area contributed by atoms with E-state index >= 15 is 0 Å². The zero-order valence-electron chi connectivity index (χ0n) is 3.81. The van der Waals surface area contributed by atoms with Gasteiger partial charge in [-0.3, -0.25) is 0 Å². The van der Waals surface area contributed by atoms with Crippen LogP contribution >= 0.6 is 0 Å². The molecule has 3 N–H and O–H groups in total. The van der Waals surface area contributed by atoms with E-state index < -0.39 is 6.29 Å². The molecule has 1 rings (SSSR count). The van der Waals surface area contributed by atoms with Gasteiger partial charge in [-0.1, -0.05) is 0 Å². The van der Waals surface area contributed by atoms with Crippen LogP contribution in [0.5, 0.6) is 0 Å². The van der Waals surface area contributed by atoms with Crippen molar-refractivity contribution in [2.45, 2.75) is 6.29 Å². The fourth-order valence-electron chi connectivity index (χ4n) is 0.276. The summed E-state index contributed by atoms with van der Waals surface area (Å²) < 4.78 is 0. The molecular formula is C2H4N4O2. The van der Waals surface area contributed by atoms with Crippen molar-refractivity contribution in [1.82, 2.24) is 20.6 Å². The van der Waals surface area contributed by atoms with Crippen molar-refractivity contribution in [2.24, 2.45) is 0 Å². The van der Waals surface area contributed by atoms with Gasteiger partial charge in [0.15, 0.2) is 0 Å². The SMILES string of the molecule is OC(O)c1nnn[nH]1. The second-order valence-corrected chi connectivity index (χ2v) is 1.16. The first-order valence-electron chi connectivity index (χ1n) is 1.90. The highest BCUT2D eigenvalue weighted by molar-refractivity contribution is 4.74. The summed E-state index contributed by atoms with van der Waals surface area (Å²) in [4.78, 5) is 0. The van der Waals surface area contributed by atoms with Crippen LogP contribution in [0.3, 0.4) is 0 Å². The van der Waals surface area contributed by atoms with E-state index in [-0.39, 0.29) is 5.82 Å². The lowest BCUT2D eigenvalue weighted by Crippen LogP contribution is -1.96. The molecule has 0 saturated carbocycles. The van der Waals surface area contributed by atoms with E-state index in [0.717, 1.165) is 0 Å². The molecule has 0 aliphatic carbocycles. The van der Waals surface area contributed by atoms with Gasteiger partial charge in [0.1, 0.15) is 0 Å². The van der Waals surface area contributed by atoms with Gasteiger partial charge in [0.25, 0.3) is 0 Å². The minimum atomic E-state index is -1.61. The molecule has 0 bridgehead atoms. The molecule has 8 heavy (non-hydrogen) atoms. The summed E-state index contributed by atoms with van der Waals surface area (Å²) in [7, 11) is 0. The first-order chi connectivity index (χ1) is 3.80. The van der Waals surface area contributed by atoms with E-state index in [1.165, 1.54) is 0 Å². The Kier molecular flexibility index (Phi) is 1.18. The third-order valence-corrected chi connectivity index (χ3v) is 0.606. The number of H-pyrrole nitrogens is 1. The Bertz CT molecular complexity index is 147. The summed E-state index contributed by atoms with van der Waals surface area (Å²) in [6.45, 7) is 0. The minimum absolute atomic E-state index is 0.0509. The largest absolute Gasteiger partial charge is 0.362 e. The molecule has 0 fully saturated rings. The average Bonchev–Trinajstić information content (AvgIpc) is 2.12. The van der Waals surface area contributed by atoms with Gasteiger partial charge in [-0.25, -0.2) is 5.10 Å². The molecule has 0 unspecified atom stereocenters. The van der Waals surface area contributed by atoms with E-state index in [0.29, 0.717) is 0 Å². The summed E-state index contributed by atoms with van der Waals surface area (Å²) in [5.74, 6) is -0.0509. The van der Waals surface area contributed by atoms with Gasteiger partial charge >= 0.3 is 0 Å². The number of hydrogen-bond donors (Lipinski definition) is 3. The molecule has 1 aromatic heterocycles. The molecule has 1 heterocycles. The number of tetrazole rings is 1. The second-order valence-electron chi connectivity index (χ2n) is 1.16. The predicted molar refractivity (Wildman–Crippen MR) is 21.4 cm³/mol. The van der Waals surface area contributed by atoms with Crippen molar-refractivity contribution in [2.75, 3.05) is 0 Å². The Hall–Kier alpha value is -1.01. The molecule has 1 aromatic rings. The van der Waals surface area contributed by atoms with Crippen LogP contribution in [0.1, 0.15) is 12.1 Å². The fourth-order valence-corrected chi connectivity index (χ4v) is 0.276. The second kappa shape index (κ2) is 1.85. The molecule has 6 heteroatoms. The van der Waals surface area contributed by atoms with Crippen LogP contribution in [0.2, 0.25) is 0 Å². The summed E-state index contributed by atoms with van der Waals surface area (Å²) in [6, 6.07) is 0. The van der Waals surface area contributed by atoms with Crippen LogP contribution in [0.4, 0.5) is 0 Å². The Balaban J connectivity index is 2.77. The summed E-state index contributed by atoms with van der Waals surface area (Å²) in [5.41, 5.74) is 0. The Morgan fingerprint density at radius 3 is 2.50 bits per heavy atom. The van der Waals surface area contributed by atoms with Gasteiger partial charge in [-0.15, -0.1) is 5.10 Å². The van der Waals surface area contributed by atoms with Crippen LogP contribution in [0, 0.1) is 0 Å². The molecule has 0 aromatic carbocycles. The van der Waals surface area contributed by atoms with Crippen LogP contribution in [-0.4, -0.2) is 30.8 Å². The van der Waals surface area contributed by atoms with Crippen molar-refractivity contribution < 1.29 is 10.2 Å². The maximum Gasteiger partial charge on any atom is 0.215 e. The number of rotatable bonds is 1. The number of nitrogens with zero attached hydrogens (tertiary/aromatic N) is 3. The zero-order valence-corrected chi connectivity index (χ0v) is 3.81. The quantitative estimate of drug-likeness (QED) is 0.375. The first-order valence-corrected chi connectivity index (χ1v) is 1.90. The Labute approximate surface area is 44.2 Å². The molecule has 0 amide bonds. The molecule has 0 spiro atoms. The molecule has 44 valence electrons. The number of aromatic nitrogens is 4. The molecule has 0 aliphatic heterocycles. The number of hydrogen-bond acceptors (Lipinski definition) is 5. The van der Waals surface area contributed by atoms with Crippen LogP contribution in [-0.2, 0) is 0 Å². The van der Waals surface area contributed by atoms with Gasteiger partial charge in [-0.05, 0) is 10.4 Å². The monoisotopic (exact) mass is 116 g/mol. The van der Waals surface area contributed by atoms with E-state index in [2.05, 4.69) is 20.6 Å². The van der Waals surface area contributed by atoms with Crippen molar-refractivity contribution in [3.05, 3.63) is 5.82 Å². The van der Waals surface area contributed by atoms with Gasteiger partial charge in [0, 0.05) is 0 Å². The highest BCUT2D eigenvalue weighted by Gasteiger charge is 2.03. The van der Waals surface area contributed by atoms with Gasteiger partial charge < -0.3 is 10.2 Å². The van der Waals surface area contributed by atoms with Gasteiger partial charge in [-0.2, -0.15) is 0 Å².